The van der Waals surface area contributed by atoms with Crippen LogP contribution in [0.4, 0.5) is 0 Å². The monoisotopic (exact) mass is 241 g/mol. The van der Waals surface area contributed by atoms with Gasteiger partial charge in [-0.05, 0) is 39.4 Å². The van der Waals surface area contributed by atoms with Gasteiger partial charge in [-0.25, -0.2) is 0 Å². The van der Waals surface area contributed by atoms with E-state index in [1.165, 1.54) is 0 Å². The lowest BCUT2D eigenvalue weighted by molar-refractivity contribution is -0.132. The standard InChI is InChI=1S/C13H27N3O/c1-4-13(7-6-8-14-11-13)12(17)15-9-10-16(3)5-2/h14H,4-11H2,1-3H3,(H,15,17). The number of piperidine rings is 1. The molecule has 0 aliphatic carbocycles. The minimum atomic E-state index is -0.164. The van der Waals surface area contributed by atoms with Crippen LogP contribution in [0.2, 0.25) is 0 Å². The molecule has 1 unspecified atom stereocenters. The molecule has 1 aliphatic rings. The maximum absolute atomic E-state index is 12.3. The SMILES string of the molecule is CCN(C)CCNC(=O)C1(CC)CCCNC1. The Hall–Kier alpha value is -0.610. The topological polar surface area (TPSA) is 44.4 Å². The van der Waals surface area contributed by atoms with Crippen molar-refractivity contribution in [2.75, 3.05) is 39.8 Å². The predicted molar refractivity (Wildman–Crippen MR) is 71.0 cm³/mol. The van der Waals surface area contributed by atoms with E-state index < -0.39 is 0 Å². The maximum atomic E-state index is 12.3. The molecule has 2 N–H and O–H groups in total. The number of rotatable bonds is 6. The van der Waals surface area contributed by atoms with Crippen molar-refractivity contribution in [3.63, 3.8) is 0 Å². The van der Waals surface area contributed by atoms with Crippen LogP contribution in [0.1, 0.15) is 33.1 Å². The van der Waals surface area contributed by atoms with E-state index in [0.29, 0.717) is 0 Å². The molecule has 1 atom stereocenters. The van der Waals surface area contributed by atoms with E-state index in [9.17, 15) is 4.79 Å². The summed E-state index contributed by atoms with van der Waals surface area (Å²) in [5.41, 5.74) is -0.164. The molecular weight excluding hydrogens is 214 g/mol. The van der Waals surface area contributed by atoms with Crippen LogP contribution in [0.3, 0.4) is 0 Å². The van der Waals surface area contributed by atoms with Crippen LogP contribution in [0, 0.1) is 5.41 Å². The predicted octanol–water partition coefficient (Wildman–Crippen LogP) is 0.834. The van der Waals surface area contributed by atoms with Crippen molar-refractivity contribution < 1.29 is 4.79 Å². The molecule has 0 aromatic carbocycles. The van der Waals surface area contributed by atoms with Crippen molar-refractivity contribution in [2.24, 2.45) is 5.41 Å². The van der Waals surface area contributed by atoms with Crippen molar-refractivity contribution in [3.05, 3.63) is 0 Å². The van der Waals surface area contributed by atoms with Gasteiger partial charge in [0.25, 0.3) is 0 Å². The van der Waals surface area contributed by atoms with Gasteiger partial charge >= 0.3 is 0 Å². The molecule has 4 nitrogen and oxygen atoms in total. The number of carbonyl (C=O) groups is 1. The highest BCUT2D eigenvalue weighted by Gasteiger charge is 2.37. The Morgan fingerprint density at radius 3 is 2.76 bits per heavy atom. The molecule has 0 aromatic heterocycles. The van der Waals surface area contributed by atoms with Crippen molar-refractivity contribution in [2.45, 2.75) is 33.1 Å². The quantitative estimate of drug-likeness (QED) is 0.724. The third-order valence-electron chi connectivity index (χ3n) is 3.95. The summed E-state index contributed by atoms with van der Waals surface area (Å²) in [6.45, 7) is 8.83. The van der Waals surface area contributed by atoms with E-state index in [2.05, 4.69) is 36.4 Å². The van der Waals surface area contributed by atoms with Crippen LogP contribution < -0.4 is 10.6 Å². The number of nitrogens with one attached hydrogen (secondary N) is 2. The molecule has 0 radical (unpaired) electrons. The molecular formula is C13H27N3O. The molecule has 0 spiro atoms. The lowest BCUT2D eigenvalue weighted by Crippen LogP contribution is -2.51. The van der Waals surface area contributed by atoms with Gasteiger partial charge < -0.3 is 15.5 Å². The van der Waals surface area contributed by atoms with Crippen LogP contribution >= 0.6 is 0 Å². The maximum Gasteiger partial charge on any atom is 0.227 e. The van der Waals surface area contributed by atoms with Gasteiger partial charge in [-0.15, -0.1) is 0 Å². The zero-order chi connectivity index (χ0) is 12.7. The average molecular weight is 241 g/mol. The normalized spacial score (nSPS) is 24.9. The van der Waals surface area contributed by atoms with E-state index in [1.807, 2.05) is 0 Å². The first-order valence-electron chi connectivity index (χ1n) is 6.82. The van der Waals surface area contributed by atoms with Crippen molar-refractivity contribution in [1.29, 1.82) is 0 Å². The molecule has 100 valence electrons. The third kappa shape index (κ3) is 3.96. The van der Waals surface area contributed by atoms with Gasteiger partial charge in [0.1, 0.15) is 0 Å². The Labute approximate surface area is 105 Å². The van der Waals surface area contributed by atoms with Crippen LogP contribution in [0.25, 0.3) is 0 Å². The molecule has 1 saturated heterocycles. The highest BCUT2D eigenvalue weighted by atomic mass is 16.2. The molecule has 1 fully saturated rings. The van der Waals surface area contributed by atoms with Crippen LogP contribution in [0.5, 0.6) is 0 Å². The van der Waals surface area contributed by atoms with Crippen molar-refractivity contribution in [3.8, 4) is 0 Å². The fourth-order valence-corrected chi connectivity index (χ4v) is 2.33. The van der Waals surface area contributed by atoms with Crippen LogP contribution in [0.15, 0.2) is 0 Å². The Morgan fingerprint density at radius 1 is 1.47 bits per heavy atom. The van der Waals surface area contributed by atoms with E-state index in [0.717, 1.165) is 52.0 Å². The van der Waals surface area contributed by atoms with Crippen molar-refractivity contribution in [1.82, 2.24) is 15.5 Å². The molecule has 4 heteroatoms. The van der Waals surface area contributed by atoms with Crippen LogP contribution in [-0.2, 0) is 4.79 Å². The fourth-order valence-electron chi connectivity index (χ4n) is 2.33. The van der Waals surface area contributed by atoms with E-state index in [4.69, 9.17) is 0 Å². The highest BCUT2D eigenvalue weighted by Crippen LogP contribution is 2.29. The number of hydrogen-bond acceptors (Lipinski definition) is 3. The highest BCUT2D eigenvalue weighted by molar-refractivity contribution is 5.83. The number of amides is 1. The summed E-state index contributed by atoms with van der Waals surface area (Å²) in [5, 5.41) is 6.44. The zero-order valence-electron chi connectivity index (χ0n) is 11.5. The van der Waals surface area contributed by atoms with E-state index >= 15 is 0 Å². The van der Waals surface area contributed by atoms with Gasteiger partial charge in [-0.3, -0.25) is 4.79 Å². The minimum Gasteiger partial charge on any atom is -0.354 e. The van der Waals surface area contributed by atoms with E-state index in [1.54, 1.807) is 0 Å². The number of likely N-dealkylation sites (N-methyl/N-ethyl adjacent to an activating group) is 1. The molecule has 17 heavy (non-hydrogen) atoms. The summed E-state index contributed by atoms with van der Waals surface area (Å²) in [5.74, 6) is 0.233. The van der Waals surface area contributed by atoms with Gasteiger partial charge in [0.15, 0.2) is 0 Å². The first-order chi connectivity index (χ1) is 8.14. The molecule has 1 amide bonds. The van der Waals surface area contributed by atoms with Gasteiger partial charge in [0, 0.05) is 19.6 Å². The van der Waals surface area contributed by atoms with Gasteiger partial charge in [0.05, 0.1) is 5.41 Å². The second kappa shape index (κ2) is 6.97. The number of hydrogen-bond donors (Lipinski definition) is 2. The summed E-state index contributed by atoms with van der Waals surface area (Å²) >= 11 is 0. The Bertz CT molecular complexity index is 237. The Morgan fingerprint density at radius 2 is 2.24 bits per heavy atom. The molecule has 0 saturated carbocycles. The average Bonchev–Trinajstić information content (AvgIpc) is 2.39. The first-order valence-corrected chi connectivity index (χ1v) is 6.82. The van der Waals surface area contributed by atoms with E-state index in [-0.39, 0.29) is 11.3 Å². The van der Waals surface area contributed by atoms with Gasteiger partial charge in [0.2, 0.25) is 5.91 Å². The summed E-state index contributed by atoms with van der Waals surface area (Å²) in [4.78, 5) is 14.5. The lowest BCUT2D eigenvalue weighted by atomic mass is 9.77. The number of carbonyl (C=O) groups excluding carboxylic acids is 1. The second-order valence-electron chi connectivity index (χ2n) is 5.07. The summed E-state index contributed by atoms with van der Waals surface area (Å²) in [6, 6.07) is 0. The van der Waals surface area contributed by atoms with Gasteiger partial charge in [-0.1, -0.05) is 13.8 Å². The Balaban J connectivity index is 2.38. The molecule has 1 heterocycles. The van der Waals surface area contributed by atoms with Gasteiger partial charge in [-0.2, -0.15) is 0 Å². The number of nitrogens with zero attached hydrogens (tertiary/aromatic N) is 1. The summed E-state index contributed by atoms with van der Waals surface area (Å²) < 4.78 is 0. The summed E-state index contributed by atoms with van der Waals surface area (Å²) in [6.07, 6.45) is 3.05. The second-order valence-corrected chi connectivity index (χ2v) is 5.07. The Kier molecular flexibility index (Phi) is 5.92. The molecule has 0 aromatic rings. The van der Waals surface area contributed by atoms with Crippen molar-refractivity contribution >= 4 is 5.91 Å². The smallest absolute Gasteiger partial charge is 0.227 e. The minimum absolute atomic E-state index is 0.164. The largest absolute Gasteiger partial charge is 0.354 e. The molecule has 1 rings (SSSR count). The third-order valence-corrected chi connectivity index (χ3v) is 3.95. The zero-order valence-corrected chi connectivity index (χ0v) is 11.5. The molecule has 1 aliphatic heterocycles. The fraction of sp³-hybridized carbons (Fsp3) is 0.923. The first kappa shape index (κ1) is 14.5. The lowest BCUT2D eigenvalue weighted by Gasteiger charge is -2.35. The molecule has 0 bridgehead atoms. The summed E-state index contributed by atoms with van der Waals surface area (Å²) in [7, 11) is 2.07. The van der Waals surface area contributed by atoms with Crippen LogP contribution in [-0.4, -0.2) is 50.6 Å².